The first-order valence-electron chi connectivity index (χ1n) is 7.37. The summed E-state index contributed by atoms with van der Waals surface area (Å²) in [5.74, 6) is 0. The Morgan fingerprint density at radius 3 is 2.67 bits per heavy atom. The minimum Gasteiger partial charge on any atom is -0.294 e. The summed E-state index contributed by atoms with van der Waals surface area (Å²) in [4.78, 5) is 0. The van der Waals surface area contributed by atoms with E-state index >= 15 is 0 Å². The molecule has 5 rings (SSSR count). The summed E-state index contributed by atoms with van der Waals surface area (Å²) in [6.45, 7) is 2.26. The molecule has 3 aromatic rings. The van der Waals surface area contributed by atoms with Crippen molar-refractivity contribution in [3.63, 3.8) is 0 Å². The number of allylic oxidation sites excluding steroid dienone is 2. The third kappa shape index (κ3) is 1.44. The van der Waals surface area contributed by atoms with Gasteiger partial charge in [0.05, 0.1) is 5.54 Å². The molecule has 2 heteroatoms. The van der Waals surface area contributed by atoms with Crippen LogP contribution < -0.4 is 5.32 Å². The van der Waals surface area contributed by atoms with Gasteiger partial charge in [-0.15, -0.1) is 11.3 Å². The summed E-state index contributed by atoms with van der Waals surface area (Å²) in [7, 11) is 0. The highest BCUT2D eigenvalue weighted by molar-refractivity contribution is 7.25. The molecule has 1 N–H and O–H groups in total. The summed E-state index contributed by atoms with van der Waals surface area (Å²) in [5.41, 5.74) is 2.76. The van der Waals surface area contributed by atoms with Gasteiger partial charge in [-0.1, -0.05) is 42.5 Å². The van der Waals surface area contributed by atoms with Gasteiger partial charge in [0.1, 0.15) is 0 Å². The number of nitrogens with one attached hydrogen (secondary N) is 1. The Kier molecular flexibility index (Phi) is 2.15. The molecule has 1 nitrogen and oxygen atoms in total. The molecule has 0 bridgehead atoms. The van der Waals surface area contributed by atoms with Crippen LogP contribution >= 0.6 is 11.3 Å². The van der Waals surface area contributed by atoms with Crippen molar-refractivity contribution in [2.75, 3.05) is 0 Å². The fraction of sp³-hybridized carbons (Fsp3) is 0.158. The molecular formula is C19H15NS. The largest absolute Gasteiger partial charge is 0.294 e. The average Bonchev–Trinajstić information content (AvgIpc) is 3.16. The highest BCUT2D eigenvalue weighted by Gasteiger charge is 2.39. The smallest absolute Gasteiger partial charge is 0.0821 e. The molecule has 2 aromatic carbocycles. The van der Waals surface area contributed by atoms with Crippen molar-refractivity contribution in [2.24, 2.45) is 0 Å². The second kappa shape index (κ2) is 3.85. The molecule has 0 fully saturated rings. The predicted molar refractivity (Wildman–Crippen MR) is 90.8 cm³/mol. The first-order chi connectivity index (χ1) is 10.3. The first kappa shape index (κ1) is 11.7. The van der Waals surface area contributed by atoms with Crippen molar-refractivity contribution < 1.29 is 0 Å². The zero-order valence-corrected chi connectivity index (χ0v) is 12.6. The number of thiophene rings is 1. The van der Waals surface area contributed by atoms with Gasteiger partial charge in [0.2, 0.25) is 0 Å². The van der Waals surface area contributed by atoms with Crippen LogP contribution in [0.2, 0.25) is 0 Å². The Labute approximate surface area is 127 Å². The van der Waals surface area contributed by atoms with Gasteiger partial charge in [-0.05, 0) is 36.2 Å². The normalized spacial score (nSPS) is 21.9. The van der Waals surface area contributed by atoms with E-state index in [4.69, 9.17) is 0 Å². The lowest BCUT2D eigenvalue weighted by atomic mass is 9.90. The van der Waals surface area contributed by atoms with Crippen molar-refractivity contribution in [3.05, 3.63) is 71.8 Å². The van der Waals surface area contributed by atoms with Crippen LogP contribution in [-0.2, 0) is 5.54 Å². The van der Waals surface area contributed by atoms with Gasteiger partial charge in [0, 0.05) is 26.2 Å². The van der Waals surface area contributed by atoms with Crippen LogP contribution in [0.25, 0.3) is 20.2 Å². The molecular weight excluding hydrogens is 274 g/mol. The summed E-state index contributed by atoms with van der Waals surface area (Å²) >= 11 is 1.90. The fourth-order valence-electron chi connectivity index (χ4n) is 3.76. The number of benzene rings is 2. The van der Waals surface area contributed by atoms with Gasteiger partial charge in [-0.3, -0.25) is 5.32 Å². The molecule has 1 aliphatic heterocycles. The molecule has 0 saturated heterocycles. The molecule has 2 aliphatic rings. The fourth-order valence-corrected chi connectivity index (χ4v) is 4.90. The van der Waals surface area contributed by atoms with Gasteiger partial charge in [0.25, 0.3) is 0 Å². The molecule has 102 valence electrons. The Bertz CT molecular complexity index is 933. The Morgan fingerprint density at radius 2 is 1.81 bits per heavy atom. The Hall–Kier alpha value is -1.90. The molecule has 1 spiro atoms. The second-order valence-electron chi connectivity index (χ2n) is 5.99. The SMILES string of the molecule is C[C@H]1NC2(C=CC=C2)c2cc3c(cc21)sc1ccccc13. The van der Waals surface area contributed by atoms with E-state index in [2.05, 4.69) is 72.9 Å². The molecule has 1 aromatic heterocycles. The van der Waals surface area contributed by atoms with E-state index in [0.29, 0.717) is 6.04 Å². The third-order valence-electron chi connectivity index (χ3n) is 4.75. The van der Waals surface area contributed by atoms with Crippen LogP contribution in [0, 0.1) is 0 Å². The van der Waals surface area contributed by atoms with Crippen LogP contribution in [0.3, 0.4) is 0 Å². The number of hydrogen-bond acceptors (Lipinski definition) is 2. The van der Waals surface area contributed by atoms with E-state index < -0.39 is 0 Å². The quantitative estimate of drug-likeness (QED) is 0.611. The summed E-state index contributed by atoms with van der Waals surface area (Å²) in [6, 6.07) is 13.9. The lowest BCUT2D eigenvalue weighted by Crippen LogP contribution is -2.32. The van der Waals surface area contributed by atoms with Crippen LogP contribution in [-0.4, -0.2) is 0 Å². The summed E-state index contributed by atoms with van der Waals surface area (Å²) < 4.78 is 2.77. The molecule has 0 unspecified atom stereocenters. The molecule has 0 radical (unpaired) electrons. The van der Waals surface area contributed by atoms with Crippen LogP contribution in [0.1, 0.15) is 24.1 Å². The second-order valence-corrected chi connectivity index (χ2v) is 7.07. The molecule has 0 saturated carbocycles. The van der Waals surface area contributed by atoms with Crippen molar-refractivity contribution in [1.82, 2.24) is 5.32 Å². The maximum atomic E-state index is 3.74. The van der Waals surface area contributed by atoms with Crippen LogP contribution in [0.5, 0.6) is 0 Å². The minimum absolute atomic E-state index is 0.0913. The summed E-state index contributed by atoms with van der Waals surface area (Å²) in [6.07, 6.45) is 8.83. The number of fused-ring (bicyclic) bond motifs is 5. The highest BCUT2D eigenvalue weighted by atomic mass is 32.1. The van der Waals surface area contributed by atoms with E-state index in [1.807, 2.05) is 11.3 Å². The lowest BCUT2D eigenvalue weighted by molar-refractivity contribution is 0.500. The van der Waals surface area contributed by atoms with Gasteiger partial charge in [-0.2, -0.15) is 0 Å². The Balaban J connectivity index is 1.90. The zero-order valence-electron chi connectivity index (χ0n) is 11.8. The van der Waals surface area contributed by atoms with Crippen molar-refractivity contribution >= 4 is 31.5 Å². The highest BCUT2D eigenvalue weighted by Crippen LogP contribution is 2.45. The molecule has 1 aliphatic carbocycles. The van der Waals surface area contributed by atoms with Crippen molar-refractivity contribution in [1.29, 1.82) is 0 Å². The molecule has 1 atom stereocenters. The van der Waals surface area contributed by atoms with Crippen molar-refractivity contribution in [3.8, 4) is 0 Å². The van der Waals surface area contributed by atoms with E-state index in [1.54, 1.807) is 0 Å². The lowest BCUT2D eigenvalue weighted by Gasteiger charge is -2.21. The first-order valence-corrected chi connectivity index (χ1v) is 8.19. The number of rotatable bonds is 0. The predicted octanol–water partition coefficient (Wildman–Crippen LogP) is 5.04. The maximum absolute atomic E-state index is 3.74. The van der Waals surface area contributed by atoms with Gasteiger partial charge < -0.3 is 0 Å². The third-order valence-corrected chi connectivity index (χ3v) is 5.88. The standard InChI is InChI=1S/C19H15NS/c1-12-14-11-18-15(13-6-2-3-7-17(13)21-18)10-16(14)19(20-12)8-4-5-9-19/h2-12,20H,1H3/t12-/m1/s1. The zero-order chi connectivity index (χ0) is 14.0. The molecule has 0 amide bonds. The van der Waals surface area contributed by atoms with Gasteiger partial charge in [0.15, 0.2) is 0 Å². The van der Waals surface area contributed by atoms with Crippen LogP contribution in [0.15, 0.2) is 60.7 Å². The number of hydrogen-bond donors (Lipinski definition) is 1. The Morgan fingerprint density at radius 1 is 1.00 bits per heavy atom. The van der Waals surface area contributed by atoms with Crippen molar-refractivity contribution in [2.45, 2.75) is 18.5 Å². The summed E-state index contributed by atoms with van der Waals surface area (Å²) in [5, 5.41) is 6.50. The molecule has 2 heterocycles. The topological polar surface area (TPSA) is 12.0 Å². The van der Waals surface area contributed by atoms with Crippen LogP contribution in [0.4, 0.5) is 0 Å². The van der Waals surface area contributed by atoms with Gasteiger partial charge >= 0.3 is 0 Å². The van der Waals surface area contributed by atoms with E-state index in [9.17, 15) is 0 Å². The van der Waals surface area contributed by atoms with Gasteiger partial charge in [-0.25, -0.2) is 0 Å². The van der Waals surface area contributed by atoms with E-state index in [0.717, 1.165) is 0 Å². The van der Waals surface area contributed by atoms with E-state index in [1.165, 1.54) is 31.3 Å². The average molecular weight is 289 g/mol. The minimum atomic E-state index is -0.0913. The maximum Gasteiger partial charge on any atom is 0.0821 e. The monoisotopic (exact) mass is 289 g/mol. The molecule has 21 heavy (non-hydrogen) atoms. The van der Waals surface area contributed by atoms with E-state index in [-0.39, 0.29) is 5.54 Å².